The molecule has 3 heteroatoms. The highest BCUT2D eigenvalue weighted by Crippen LogP contribution is 2.29. The van der Waals surface area contributed by atoms with E-state index in [9.17, 15) is 4.79 Å². The van der Waals surface area contributed by atoms with Crippen molar-refractivity contribution < 1.29 is 4.79 Å². The van der Waals surface area contributed by atoms with E-state index in [0.29, 0.717) is 12.3 Å². The molecule has 1 aliphatic carbocycles. The Kier molecular flexibility index (Phi) is 4.73. The second-order valence-electron chi connectivity index (χ2n) is 4.49. The maximum Gasteiger partial charge on any atom is 0.220 e. The monoisotopic (exact) mass is 217 g/mol. The van der Waals surface area contributed by atoms with Crippen molar-refractivity contribution in [3.63, 3.8) is 0 Å². The average molecular weight is 218 g/mol. The summed E-state index contributed by atoms with van der Waals surface area (Å²) >= 11 is 5.85. The Morgan fingerprint density at radius 3 is 2.57 bits per heavy atom. The van der Waals surface area contributed by atoms with Gasteiger partial charge in [0.05, 0.1) is 0 Å². The molecule has 0 radical (unpaired) electrons. The molecule has 82 valence electrons. The first-order valence-corrected chi connectivity index (χ1v) is 5.95. The van der Waals surface area contributed by atoms with Crippen molar-refractivity contribution >= 4 is 17.5 Å². The van der Waals surface area contributed by atoms with Crippen LogP contribution in [0.4, 0.5) is 0 Å². The van der Waals surface area contributed by atoms with E-state index in [1.807, 2.05) is 13.8 Å². The van der Waals surface area contributed by atoms with Crippen molar-refractivity contribution in [1.82, 2.24) is 5.32 Å². The predicted molar refractivity (Wildman–Crippen MR) is 59.5 cm³/mol. The molecule has 0 saturated heterocycles. The Balaban J connectivity index is 2.11. The van der Waals surface area contributed by atoms with Crippen molar-refractivity contribution in [2.45, 2.75) is 57.4 Å². The summed E-state index contributed by atoms with van der Waals surface area (Å²) in [5.74, 6) is 0.843. The fourth-order valence-corrected chi connectivity index (χ4v) is 2.11. The van der Waals surface area contributed by atoms with Gasteiger partial charge in [-0.3, -0.25) is 4.79 Å². The molecule has 1 fully saturated rings. The molecule has 2 atom stereocenters. The summed E-state index contributed by atoms with van der Waals surface area (Å²) in [6, 6.07) is 0.204. The maximum atomic E-state index is 11.5. The van der Waals surface area contributed by atoms with Crippen LogP contribution in [0.15, 0.2) is 0 Å². The molecule has 1 rings (SSSR count). The zero-order valence-corrected chi connectivity index (χ0v) is 9.81. The van der Waals surface area contributed by atoms with E-state index in [0.717, 1.165) is 6.42 Å². The molecule has 1 aliphatic rings. The second kappa shape index (κ2) is 5.59. The molecule has 0 spiro atoms. The average Bonchev–Trinajstić information content (AvgIpc) is 1.94. The summed E-state index contributed by atoms with van der Waals surface area (Å²) in [7, 11) is 0. The number of hydrogen-bond donors (Lipinski definition) is 1. The molecular formula is C11H20ClNO. The van der Waals surface area contributed by atoms with Crippen LogP contribution in [0.2, 0.25) is 0 Å². The van der Waals surface area contributed by atoms with Crippen LogP contribution in [0.5, 0.6) is 0 Å². The van der Waals surface area contributed by atoms with Gasteiger partial charge in [0.1, 0.15) is 0 Å². The zero-order chi connectivity index (χ0) is 10.6. The minimum Gasteiger partial charge on any atom is -0.354 e. The first kappa shape index (κ1) is 11.8. The van der Waals surface area contributed by atoms with Crippen molar-refractivity contribution in [1.29, 1.82) is 0 Å². The van der Waals surface area contributed by atoms with E-state index in [2.05, 4.69) is 5.32 Å². The summed E-state index contributed by atoms with van der Waals surface area (Å²) in [5, 5.41) is 3.12. The maximum absolute atomic E-state index is 11.5. The number of rotatable bonds is 5. The lowest BCUT2D eigenvalue weighted by atomic mass is 9.83. The molecule has 0 aliphatic heterocycles. The number of hydrogen-bond acceptors (Lipinski definition) is 1. The lowest BCUT2D eigenvalue weighted by Gasteiger charge is -2.25. The van der Waals surface area contributed by atoms with Crippen LogP contribution in [-0.4, -0.2) is 17.3 Å². The first-order valence-electron chi connectivity index (χ1n) is 5.51. The molecule has 0 aromatic heterocycles. The molecule has 0 aromatic rings. The SMILES string of the molecule is CC(Cl)CC(C)NC(=O)CC1CCC1. The number of halogens is 1. The molecule has 1 amide bonds. The molecule has 0 heterocycles. The van der Waals surface area contributed by atoms with Crippen LogP contribution in [0.1, 0.15) is 46.0 Å². The zero-order valence-electron chi connectivity index (χ0n) is 9.05. The Labute approximate surface area is 91.4 Å². The van der Waals surface area contributed by atoms with Gasteiger partial charge >= 0.3 is 0 Å². The van der Waals surface area contributed by atoms with Gasteiger partial charge in [-0.2, -0.15) is 0 Å². The van der Waals surface area contributed by atoms with Crippen molar-refractivity contribution in [2.24, 2.45) is 5.92 Å². The lowest BCUT2D eigenvalue weighted by Crippen LogP contribution is -2.35. The largest absolute Gasteiger partial charge is 0.354 e. The van der Waals surface area contributed by atoms with Gasteiger partial charge in [-0.15, -0.1) is 11.6 Å². The molecule has 2 unspecified atom stereocenters. The summed E-state index contributed by atoms with van der Waals surface area (Å²) < 4.78 is 0. The van der Waals surface area contributed by atoms with Gasteiger partial charge in [0, 0.05) is 17.8 Å². The minimum atomic E-state index is 0.133. The molecule has 1 N–H and O–H groups in total. The highest BCUT2D eigenvalue weighted by molar-refractivity contribution is 6.20. The number of alkyl halides is 1. The van der Waals surface area contributed by atoms with Crippen LogP contribution >= 0.6 is 11.6 Å². The van der Waals surface area contributed by atoms with Crippen LogP contribution in [0.25, 0.3) is 0 Å². The lowest BCUT2D eigenvalue weighted by molar-refractivity contribution is -0.123. The number of carbonyl (C=O) groups is 1. The van der Waals surface area contributed by atoms with Gasteiger partial charge in [0.25, 0.3) is 0 Å². The van der Waals surface area contributed by atoms with Crippen LogP contribution in [-0.2, 0) is 4.79 Å². The summed E-state index contributed by atoms with van der Waals surface area (Å²) in [6.07, 6.45) is 5.31. The molecule has 14 heavy (non-hydrogen) atoms. The third-order valence-electron chi connectivity index (χ3n) is 2.78. The predicted octanol–water partition coefficient (Wildman–Crippen LogP) is 2.70. The second-order valence-corrected chi connectivity index (χ2v) is 5.23. The van der Waals surface area contributed by atoms with Crippen LogP contribution in [0, 0.1) is 5.92 Å². The summed E-state index contributed by atoms with van der Waals surface area (Å²) in [5.41, 5.74) is 0. The number of amides is 1. The fraction of sp³-hybridized carbons (Fsp3) is 0.909. The van der Waals surface area contributed by atoms with E-state index in [4.69, 9.17) is 11.6 Å². The van der Waals surface area contributed by atoms with E-state index in [1.54, 1.807) is 0 Å². The summed E-state index contributed by atoms with van der Waals surface area (Å²) in [4.78, 5) is 11.5. The van der Waals surface area contributed by atoms with Crippen molar-refractivity contribution in [3.8, 4) is 0 Å². The first-order chi connectivity index (χ1) is 6.58. The smallest absolute Gasteiger partial charge is 0.220 e. The quantitative estimate of drug-likeness (QED) is 0.705. The normalized spacial score (nSPS) is 21.1. The third-order valence-corrected chi connectivity index (χ3v) is 2.96. The Morgan fingerprint density at radius 1 is 1.50 bits per heavy atom. The van der Waals surface area contributed by atoms with Crippen LogP contribution < -0.4 is 5.32 Å². The highest BCUT2D eigenvalue weighted by Gasteiger charge is 2.21. The van der Waals surface area contributed by atoms with Gasteiger partial charge in [-0.05, 0) is 39.0 Å². The van der Waals surface area contributed by atoms with E-state index < -0.39 is 0 Å². The van der Waals surface area contributed by atoms with Gasteiger partial charge in [0.15, 0.2) is 0 Å². The van der Waals surface area contributed by atoms with Gasteiger partial charge < -0.3 is 5.32 Å². The topological polar surface area (TPSA) is 29.1 Å². The van der Waals surface area contributed by atoms with E-state index in [-0.39, 0.29) is 17.3 Å². The minimum absolute atomic E-state index is 0.133. The standard InChI is InChI=1S/C11H20ClNO/c1-8(12)6-9(2)13-11(14)7-10-4-3-5-10/h8-10H,3-7H2,1-2H3,(H,13,14). The van der Waals surface area contributed by atoms with E-state index >= 15 is 0 Å². The van der Waals surface area contributed by atoms with Crippen LogP contribution in [0.3, 0.4) is 0 Å². The third kappa shape index (κ3) is 4.32. The molecular weight excluding hydrogens is 198 g/mol. The van der Waals surface area contributed by atoms with Crippen molar-refractivity contribution in [2.75, 3.05) is 0 Å². The van der Waals surface area contributed by atoms with Gasteiger partial charge in [0.2, 0.25) is 5.91 Å². The Bertz CT molecular complexity index is 190. The Hall–Kier alpha value is -0.240. The number of nitrogens with one attached hydrogen (secondary N) is 1. The molecule has 0 aromatic carbocycles. The van der Waals surface area contributed by atoms with Gasteiger partial charge in [-0.1, -0.05) is 6.42 Å². The molecule has 0 bridgehead atoms. The Morgan fingerprint density at radius 2 is 2.14 bits per heavy atom. The summed E-state index contributed by atoms with van der Waals surface area (Å²) in [6.45, 7) is 3.97. The fourth-order valence-electron chi connectivity index (χ4n) is 1.84. The molecule has 1 saturated carbocycles. The molecule has 2 nitrogen and oxygen atoms in total. The van der Waals surface area contributed by atoms with Gasteiger partial charge in [-0.25, -0.2) is 0 Å². The highest BCUT2D eigenvalue weighted by atomic mass is 35.5. The van der Waals surface area contributed by atoms with E-state index in [1.165, 1.54) is 19.3 Å². The number of carbonyl (C=O) groups excluding carboxylic acids is 1. The van der Waals surface area contributed by atoms with Crippen molar-refractivity contribution in [3.05, 3.63) is 0 Å².